The first-order valence-corrected chi connectivity index (χ1v) is 9.93. The van der Waals surface area contributed by atoms with Crippen molar-refractivity contribution in [3.05, 3.63) is 18.5 Å². The van der Waals surface area contributed by atoms with Gasteiger partial charge in [-0.25, -0.2) is 0 Å². The highest BCUT2D eigenvalue weighted by Crippen LogP contribution is 2.24. The maximum Gasteiger partial charge on any atom is 0.244 e. The van der Waals surface area contributed by atoms with Gasteiger partial charge in [0, 0.05) is 51.7 Å². The molecule has 27 heavy (non-hydrogen) atoms. The van der Waals surface area contributed by atoms with Gasteiger partial charge in [-0.05, 0) is 38.3 Å². The van der Waals surface area contributed by atoms with Crippen molar-refractivity contribution in [3.8, 4) is 0 Å². The third-order valence-corrected chi connectivity index (χ3v) is 5.62. The van der Waals surface area contributed by atoms with Crippen molar-refractivity contribution in [2.75, 3.05) is 46.4 Å². The molecule has 1 N–H and O–H groups in total. The van der Waals surface area contributed by atoms with Gasteiger partial charge in [0.2, 0.25) is 11.8 Å². The van der Waals surface area contributed by atoms with Crippen LogP contribution in [0.2, 0.25) is 0 Å². The summed E-state index contributed by atoms with van der Waals surface area (Å²) >= 11 is 0. The minimum absolute atomic E-state index is 0.0649. The third-order valence-electron chi connectivity index (χ3n) is 5.62. The summed E-state index contributed by atoms with van der Waals surface area (Å²) in [7, 11) is 1.64. The van der Waals surface area contributed by atoms with Gasteiger partial charge in [-0.15, -0.1) is 0 Å². The van der Waals surface area contributed by atoms with Crippen molar-refractivity contribution < 1.29 is 14.3 Å². The molecule has 2 amide bonds. The number of methoxy groups -OCH3 is 1. The highest BCUT2D eigenvalue weighted by Gasteiger charge is 2.32. The Hall–Kier alpha value is -1.93. The lowest BCUT2D eigenvalue weighted by Gasteiger charge is -2.42. The van der Waals surface area contributed by atoms with Gasteiger partial charge in [-0.1, -0.05) is 0 Å². The molecule has 2 fully saturated rings. The lowest BCUT2D eigenvalue weighted by atomic mass is 9.93. The van der Waals surface area contributed by atoms with Crippen molar-refractivity contribution in [1.29, 1.82) is 0 Å². The summed E-state index contributed by atoms with van der Waals surface area (Å²) in [6.07, 6.45) is 7.47. The Balaban J connectivity index is 1.43. The summed E-state index contributed by atoms with van der Waals surface area (Å²) in [5.74, 6) is 0.338. The third kappa shape index (κ3) is 5.52. The van der Waals surface area contributed by atoms with Gasteiger partial charge in [0.1, 0.15) is 6.54 Å². The Kier molecular flexibility index (Phi) is 7.23. The molecule has 150 valence electrons. The first-order chi connectivity index (χ1) is 13.2. The van der Waals surface area contributed by atoms with Crippen LogP contribution < -0.4 is 5.32 Å². The molecule has 8 heteroatoms. The van der Waals surface area contributed by atoms with E-state index in [1.807, 2.05) is 17.2 Å². The van der Waals surface area contributed by atoms with Crippen LogP contribution in [0.25, 0.3) is 0 Å². The van der Waals surface area contributed by atoms with Crippen molar-refractivity contribution in [1.82, 2.24) is 24.9 Å². The molecular formula is C19H31N5O3. The zero-order chi connectivity index (χ0) is 19.1. The molecular weight excluding hydrogens is 346 g/mol. The van der Waals surface area contributed by atoms with Crippen LogP contribution in [-0.4, -0.2) is 83.9 Å². The standard InChI is InChI=1S/C19H31N5O3/c1-27-13-8-20-19(26)16-4-2-9-23(14-16)17-5-11-22(12-6-17)18(25)15-24-10-3-7-21-24/h3,7,10,16-17H,2,4-6,8-9,11-15H2,1H3,(H,20,26)/t16-/m1/s1. The Bertz CT molecular complexity index is 598. The van der Waals surface area contributed by atoms with Gasteiger partial charge in [0.15, 0.2) is 0 Å². The van der Waals surface area contributed by atoms with E-state index in [2.05, 4.69) is 15.3 Å². The van der Waals surface area contributed by atoms with E-state index >= 15 is 0 Å². The number of hydrogen-bond donors (Lipinski definition) is 1. The second-order valence-electron chi connectivity index (χ2n) is 7.43. The van der Waals surface area contributed by atoms with Crippen LogP contribution in [0.5, 0.6) is 0 Å². The van der Waals surface area contributed by atoms with Crippen LogP contribution in [-0.2, 0) is 20.9 Å². The summed E-state index contributed by atoms with van der Waals surface area (Å²) in [5.41, 5.74) is 0. The van der Waals surface area contributed by atoms with E-state index in [4.69, 9.17) is 4.74 Å². The van der Waals surface area contributed by atoms with Crippen molar-refractivity contribution in [2.24, 2.45) is 5.92 Å². The van der Waals surface area contributed by atoms with Crippen molar-refractivity contribution in [2.45, 2.75) is 38.3 Å². The Labute approximate surface area is 160 Å². The van der Waals surface area contributed by atoms with E-state index in [9.17, 15) is 9.59 Å². The molecule has 0 saturated carbocycles. The molecule has 0 radical (unpaired) electrons. The minimum Gasteiger partial charge on any atom is -0.383 e. The number of likely N-dealkylation sites (tertiary alicyclic amines) is 2. The van der Waals surface area contributed by atoms with Crippen LogP contribution in [0.15, 0.2) is 18.5 Å². The van der Waals surface area contributed by atoms with Gasteiger partial charge in [0.25, 0.3) is 0 Å². The number of piperidine rings is 2. The molecule has 2 aliphatic rings. The Morgan fingerprint density at radius 1 is 1.22 bits per heavy atom. The normalized spacial score (nSPS) is 22.0. The largest absolute Gasteiger partial charge is 0.383 e. The monoisotopic (exact) mass is 377 g/mol. The average Bonchev–Trinajstić information content (AvgIpc) is 3.21. The summed E-state index contributed by atoms with van der Waals surface area (Å²) in [4.78, 5) is 29.1. The van der Waals surface area contributed by atoms with Crippen LogP contribution in [0, 0.1) is 5.92 Å². The SMILES string of the molecule is COCCNC(=O)[C@@H]1CCCN(C2CCN(C(=O)Cn3cccn3)CC2)C1. The number of nitrogens with zero attached hydrogens (tertiary/aromatic N) is 4. The molecule has 8 nitrogen and oxygen atoms in total. The van der Waals surface area contributed by atoms with Crippen LogP contribution in [0.1, 0.15) is 25.7 Å². The van der Waals surface area contributed by atoms with Gasteiger partial charge in [-0.2, -0.15) is 5.10 Å². The number of amides is 2. The zero-order valence-electron chi connectivity index (χ0n) is 16.2. The van der Waals surface area contributed by atoms with Crippen LogP contribution in [0.3, 0.4) is 0 Å². The van der Waals surface area contributed by atoms with E-state index in [0.29, 0.717) is 25.7 Å². The van der Waals surface area contributed by atoms with Gasteiger partial charge in [0.05, 0.1) is 12.5 Å². The van der Waals surface area contributed by atoms with Gasteiger partial charge < -0.3 is 15.0 Å². The summed E-state index contributed by atoms with van der Waals surface area (Å²) < 4.78 is 6.67. The van der Waals surface area contributed by atoms with E-state index in [-0.39, 0.29) is 17.7 Å². The molecule has 2 aliphatic heterocycles. The fraction of sp³-hybridized carbons (Fsp3) is 0.737. The van der Waals surface area contributed by atoms with Crippen molar-refractivity contribution in [3.63, 3.8) is 0 Å². The highest BCUT2D eigenvalue weighted by molar-refractivity contribution is 5.79. The van der Waals surface area contributed by atoms with Crippen LogP contribution in [0.4, 0.5) is 0 Å². The lowest BCUT2D eigenvalue weighted by Crippen LogP contribution is -2.52. The maximum absolute atomic E-state index is 12.4. The van der Waals surface area contributed by atoms with E-state index < -0.39 is 0 Å². The van der Waals surface area contributed by atoms with E-state index in [1.54, 1.807) is 18.0 Å². The second kappa shape index (κ2) is 9.85. The van der Waals surface area contributed by atoms with Crippen molar-refractivity contribution >= 4 is 11.8 Å². The number of carbonyl (C=O) groups is 2. The molecule has 1 atom stereocenters. The molecule has 1 aromatic rings. The zero-order valence-corrected chi connectivity index (χ0v) is 16.2. The fourth-order valence-electron chi connectivity index (χ4n) is 4.09. The summed E-state index contributed by atoms with van der Waals surface area (Å²) in [6, 6.07) is 2.30. The number of rotatable bonds is 7. The molecule has 3 heterocycles. The minimum atomic E-state index is 0.0649. The predicted molar refractivity (Wildman–Crippen MR) is 101 cm³/mol. The number of aromatic nitrogens is 2. The summed E-state index contributed by atoms with van der Waals surface area (Å²) in [6.45, 7) is 4.87. The topological polar surface area (TPSA) is 79.7 Å². The molecule has 0 aliphatic carbocycles. The lowest BCUT2D eigenvalue weighted by molar-refractivity contribution is -0.133. The fourth-order valence-corrected chi connectivity index (χ4v) is 4.09. The molecule has 0 spiro atoms. The molecule has 3 rings (SSSR count). The Morgan fingerprint density at radius 2 is 2.04 bits per heavy atom. The first kappa shape index (κ1) is 19.8. The molecule has 0 aromatic carbocycles. The quantitative estimate of drug-likeness (QED) is 0.694. The van der Waals surface area contributed by atoms with Gasteiger partial charge in [-0.3, -0.25) is 19.2 Å². The number of hydrogen-bond acceptors (Lipinski definition) is 5. The smallest absolute Gasteiger partial charge is 0.244 e. The maximum atomic E-state index is 12.4. The number of ether oxygens (including phenoxy) is 1. The van der Waals surface area contributed by atoms with E-state index in [1.165, 1.54) is 0 Å². The van der Waals surface area contributed by atoms with Gasteiger partial charge >= 0.3 is 0 Å². The second-order valence-corrected chi connectivity index (χ2v) is 7.43. The number of carbonyl (C=O) groups excluding carboxylic acids is 2. The Morgan fingerprint density at radius 3 is 2.74 bits per heavy atom. The van der Waals surface area contributed by atoms with E-state index in [0.717, 1.165) is 51.9 Å². The highest BCUT2D eigenvalue weighted by atomic mass is 16.5. The summed E-state index contributed by atoms with van der Waals surface area (Å²) in [5, 5.41) is 7.07. The molecule has 0 unspecified atom stereocenters. The number of nitrogens with one attached hydrogen (secondary N) is 1. The molecule has 0 bridgehead atoms. The first-order valence-electron chi connectivity index (χ1n) is 9.93. The molecule has 2 saturated heterocycles. The molecule has 1 aromatic heterocycles. The van der Waals surface area contributed by atoms with Crippen LogP contribution >= 0.6 is 0 Å². The average molecular weight is 377 g/mol. The predicted octanol–water partition coefficient (Wildman–Crippen LogP) is 0.349.